The summed E-state index contributed by atoms with van der Waals surface area (Å²) < 4.78 is 21.7. The molecular weight excluding hydrogens is 317 g/mol. The second-order valence-corrected chi connectivity index (χ2v) is 7.80. The van der Waals surface area contributed by atoms with Gasteiger partial charge in [0.15, 0.2) is 0 Å². The summed E-state index contributed by atoms with van der Waals surface area (Å²) in [5.41, 5.74) is 0.653. The minimum absolute atomic E-state index is 0.0176. The third-order valence-corrected chi connectivity index (χ3v) is 5.98. The van der Waals surface area contributed by atoms with E-state index in [-0.39, 0.29) is 23.8 Å². The predicted molar refractivity (Wildman–Crippen MR) is 86.6 cm³/mol. The van der Waals surface area contributed by atoms with Crippen molar-refractivity contribution in [2.75, 3.05) is 33.5 Å². The average Bonchev–Trinajstić information content (AvgIpc) is 2.61. The molecule has 23 heavy (non-hydrogen) atoms. The van der Waals surface area contributed by atoms with Crippen molar-refractivity contribution in [3.63, 3.8) is 0 Å². The molecule has 0 aliphatic carbocycles. The molecule has 6 nitrogen and oxygen atoms in total. The lowest BCUT2D eigenvalue weighted by Gasteiger charge is -2.31. The van der Waals surface area contributed by atoms with Crippen LogP contribution in [0.5, 0.6) is 0 Å². The molecule has 126 valence electrons. The Balaban J connectivity index is 1.90. The van der Waals surface area contributed by atoms with Crippen molar-refractivity contribution in [1.82, 2.24) is 4.90 Å². The van der Waals surface area contributed by atoms with Crippen molar-refractivity contribution in [2.45, 2.75) is 12.8 Å². The highest BCUT2D eigenvalue weighted by molar-refractivity contribution is 7.54. The van der Waals surface area contributed by atoms with Gasteiger partial charge in [-0.2, -0.15) is 0 Å². The van der Waals surface area contributed by atoms with Crippen molar-refractivity contribution < 1.29 is 23.2 Å². The fraction of sp³-hybridized carbons (Fsp3) is 0.500. The predicted octanol–water partition coefficient (Wildman–Crippen LogP) is 2.59. The summed E-state index contributed by atoms with van der Waals surface area (Å²) in [4.78, 5) is 26.4. The van der Waals surface area contributed by atoms with Crippen molar-refractivity contribution in [2.24, 2.45) is 5.92 Å². The molecule has 0 unspecified atom stereocenters. The van der Waals surface area contributed by atoms with E-state index >= 15 is 0 Å². The second-order valence-electron chi connectivity index (χ2n) is 5.53. The Morgan fingerprint density at radius 2 is 1.70 bits per heavy atom. The summed E-state index contributed by atoms with van der Waals surface area (Å²) in [6, 6.07) is 9.10. The highest BCUT2D eigenvalue weighted by Crippen LogP contribution is 2.47. The number of piperidine rings is 1. The molecular formula is C16H22NO5P. The van der Waals surface area contributed by atoms with E-state index in [1.165, 1.54) is 14.2 Å². The third kappa shape index (κ3) is 4.50. The largest absolute Gasteiger partial charge is 0.339 e. The average molecular weight is 339 g/mol. The van der Waals surface area contributed by atoms with Crippen LogP contribution in [0.25, 0.3) is 0 Å². The van der Waals surface area contributed by atoms with E-state index < -0.39 is 7.60 Å². The minimum Gasteiger partial charge on any atom is -0.339 e. The van der Waals surface area contributed by atoms with Gasteiger partial charge in [-0.1, -0.05) is 18.2 Å². The first kappa shape index (κ1) is 17.9. The molecule has 0 aromatic heterocycles. The Morgan fingerprint density at radius 1 is 1.13 bits per heavy atom. The molecule has 0 atom stereocenters. The molecule has 0 bridgehead atoms. The molecule has 1 heterocycles. The zero-order valence-electron chi connectivity index (χ0n) is 13.4. The lowest BCUT2D eigenvalue weighted by molar-refractivity contribution is -0.121. The number of ketones is 1. The zero-order valence-corrected chi connectivity index (χ0v) is 14.3. The fourth-order valence-electron chi connectivity index (χ4n) is 2.69. The number of nitrogens with zero attached hydrogens (tertiary/aromatic N) is 1. The van der Waals surface area contributed by atoms with Gasteiger partial charge in [-0.05, 0) is 25.0 Å². The highest BCUT2D eigenvalue weighted by atomic mass is 31.2. The van der Waals surface area contributed by atoms with Gasteiger partial charge in [-0.25, -0.2) is 0 Å². The molecule has 2 rings (SSSR count). The van der Waals surface area contributed by atoms with Crippen LogP contribution >= 0.6 is 7.60 Å². The molecule has 0 N–H and O–H groups in total. The Kier molecular flexibility index (Phi) is 6.10. The Hall–Kier alpha value is -1.49. The number of hydrogen-bond acceptors (Lipinski definition) is 5. The minimum atomic E-state index is -3.32. The summed E-state index contributed by atoms with van der Waals surface area (Å²) in [7, 11) is -0.763. The number of rotatable bonds is 6. The normalized spacial score (nSPS) is 16.3. The number of hydrogen-bond donors (Lipinski definition) is 0. The van der Waals surface area contributed by atoms with Crippen molar-refractivity contribution in [3.8, 4) is 0 Å². The summed E-state index contributed by atoms with van der Waals surface area (Å²) >= 11 is 0. The number of amides is 1. The van der Waals surface area contributed by atoms with E-state index in [1.807, 2.05) is 18.2 Å². The number of benzene rings is 1. The first-order valence-electron chi connectivity index (χ1n) is 7.56. The van der Waals surface area contributed by atoms with Crippen LogP contribution in [0.1, 0.15) is 23.2 Å². The van der Waals surface area contributed by atoms with Crippen LogP contribution in [0.3, 0.4) is 0 Å². The highest BCUT2D eigenvalue weighted by Gasteiger charge is 2.33. The standard InChI is InChI=1S/C16H22NO5P/c1-21-23(20,22-2)12-15(18)13-8-10-17(11-9-13)16(19)14-6-4-3-5-7-14/h3-7,13H,8-12H2,1-2H3. The van der Waals surface area contributed by atoms with Crippen molar-refractivity contribution in [3.05, 3.63) is 35.9 Å². The molecule has 1 fully saturated rings. The van der Waals surface area contributed by atoms with Gasteiger partial charge in [0.1, 0.15) is 11.9 Å². The maximum absolute atomic E-state index is 12.4. The van der Waals surface area contributed by atoms with Crippen LogP contribution in [0, 0.1) is 5.92 Å². The van der Waals surface area contributed by atoms with Crippen LogP contribution < -0.4 is 0 Å². The number of carbonyl (C=O) groups excluding carboxylic acids is 2. The van der Waals surface area contributed by atoms with Crippen molar-refractivity contribution >= 4 is 19.3 Å². The maximum atomic E-state index is 12.4. The van der Waals surface area contributed by atoms with Gasteiger partial charge in [0.2, 0.25) is 0 Å². The maximum Gasteiger partial charge on any atom is 0.337 e. The van der Waals surface area contributed by atoms with Gasteiger partial charge in [0, 0.05) is 38.8 Å². The quantitative estimate of drug-likeness (QED) is 0.745. The lowest BCUT2D eigenvalue weighted by Crippen LogP contribution is -2.40. The molecule has 7 heteroatoms. The molecule has 1 aliphatic rings. The second kappa shape index (κ2) is 7.86. The Bertz CT molecular complexity index is 588. The molecule has 0 spiro atoms. The smallest absolute Gasteiger partial charge is 0.337 e. The Morgan fingerprint density at radius 3 is 2.22 bits per heavy atom. The van der Waals surface area contributed by atoms with Crippen LogP contribution in [0.15, 0.2) is 30.3 Å². The first-order valence-corrected chi connectivity index (χ1v) is 9.29. The number of Topliss-reactive ketones (excluding diaryl/α,β-unsaturated/α-hetero) is 1. The van der Waals surface area contributed by atoms with Crippen LogP contribution in [0.2, 0.25) is 0 Å². The molecule has 1 amide bonds. The summed E-state index contributed by atoms with van der Waals surface area (Å²) in [6.45, 7) is 1.04. The molecule has 0 saturated carbocycles. The molecule has 1 aromatic rings. The molecule has 1 saturated heterocycles. The number of likely N-dealkylation sites (tertiary alicyclic amines) is 1. The van der Waals surface area contributed by atoms with E-state index in [9.17, 15) is 14.2 Å². The fourth-order valence-corrected chi connectivity index (χ4v) is 3.74. The van der Waals surface area contributed by atoms with E-state index in [0.717, 1.165) is 0 Å². The van der Waals surface area contributed by atoms with Gasteiger partial charge < -0.3 is 13.9 Å². The van der Waals surface area contributed by atoms with E-state index in [2.05, 4.69) is 0 Å². The SMILES string of the molecule is COP(=O)(CC(=O)C1CCN(C(=O)c2ccccc2)CC1)OC. The van der Waals surface area contributed by atoms with Gasteiger partial charge in [-0.15, -0.1) is 0 Å². The monoisotopic (exact) mass is 339 g/mol. The van der Waals surface area contributed by atoms with Crippen molar-refractivity contribution in [1.29, 1.82) is 0 Å². The summed E-state index contributed by atoms with van der Waals surface area (Å²) in [5.74, 6) is -0.340. The topological polar surface area (TPSA) is 72.9 Å². The van der Waals surface area contributed by atoms with Gasteiger partial charge in [0.25, 0.3) is 5.91 Å². The number of carbonyl (C=O) groups is 2. The third-order valence-electron chi connectivity index (χ3n) is 4.16. The summed E-state index contributed by atoms with van der Waals surface area (Å²) in [6.07, 6.45) is 0.937. The first-order chi connectivity index (χ1) is 11.0. The molecule has 1 aromatic carbocycles. The van der Waals surface area contributed by atoms with Gasteiger partial charge in [0.05, 0.1) is 0 Å². The van der Waals surface area contributed by atoms with E-state index in [4.69, 9.17) is 9.05 Å². The van der Waals surface area contributed by atoms with E-state index in [1.54, 1.807) is 17.0 Å². The molecule has 0 radical (unpaired) electrons. The van der Waals surface area contributed by atoms with Gasteiger partial charge >= 0.3 is 7.60 Å². The van der Waals surface area contributed by atoms with E-state index in [0.29, 0.717) is 31.5 Å². The summed E-state index contributed by atoms with van der Waals surface area (Å²) in [5, 5.41) is 0. The van der Waals surface area contributed by atoms with Crippen LogP contribution in [-0.2, 0) is 18.4 Å². The lowest BCUT2D eigenvalue weighted by atomic mass is 9.93. The van der Waals surface area contributed by atoms with Gasteiger partial charge in [-0.3, -0.25) is 14.2 Å². The molecule has 1 aliphatic heterocycles. The van der Waals surface area contributed by atoms with Crippen LogP contribution in [0.4, 0.5) is 0 Å². The zero-order chi connectivity index (χ0) is 16.9. The Labute approximate surface area is 136 Å². The van der Waals surface area contributed by atoms with Crippen LogP contribution in [-0.4, -0.2) is 50.1 Å².